The molecular weight excluding hydrogens is 226 g/mol. The third kappa shape index (κ3) is 3.72. The van der Waals surface area contributed by atoms with Crippen molar-refractivity contribution in [3.63, 3.8) is 0 Å². The average Bonchev–Trinajstić information content (AvgIpc) is 2.41. The smallest absolute Gasteiger partial charge is 0.119 e. The Morgan fingerprint density at radius 2 is 2.17 bits per heavy atom. The topological polar surface area (TPSA) is 41.5 Å². The molecule has 18 heavy (non-hydrogen) atoms. The number of benzene rings is 1. The van der Waals surface area contributed by atoms with E-state index in [0.29, 0.717) is 0 Å². The number of aliphatic hydroxyl groups excluding tert-OH is 1. The first kappa shape index (κ1) is 13.4. The van der Waals surface area contributed by atoms with Crippen LogP contribution >= 0.6 is 0 Å². The summed E-state index contributed by atoms with van der Waals surface area (Å²) in [4.78, 5) is 0. The van der Waals surface area contributed by atoms with Gasteiger partial charge in [0.1, 0.15) is 5.75 Å². The van der Waals surface area contributed by atoms with Crippen LogP contribution in [0.25, 0.3) is 0 Å². The van der Waals surface area contributed by atoms with E-state index in [-0.39, 0.29) is 12.1 Å². The lowest BCUT2D eigenvalue weighted by molar-refractivity contribution is 0.0914. The van der Waals surface area contributed by atoms with Gasteiger partial charge in [0.2, 0.25) is 0 Å². The Bertz CT molecular complexity index is 367. The van der Waals surface area contributed by atoms with Crippen molar-refractivity contribution in [3.05, 3.63) is 29.8 Å². The normalized spacial score (nSPS) is 23.9. The summed E-state index contributed by atoms with van der Waals surface area (Å²) < 4.78 is 5.21. The molecular formula is C15H23NO2. The predicted octanol–water partition coefficient (Wildman–Crippen LogP) is 2.13. The van der Waals surface area contributed by atoms with Gasteiger partial charge in [0.15, 0.2) is 0 Å². The van der Waals surface area contributed by atoms with E-state index < -0.39 is 0 Å². The minimum atomic E-state index is -0.163. The minimum Gasteiger partial charge on any atom is -0.497 e. The van der Waals surface area contributed by atoms with Crippen molar-refractivity contribution in [2.24, 2.45) is 0 Å². The van der Waals surface area contributed by atoms with E-state index in [1.807, 2.05) is 12.1 Å². The second kappa shape index (κ2) is 6.76. The van der Waals surface area contributed by atoms with Gasteiger partial charge in [0.25, 0.3) is 0 Å². The fourth-order valence-electron chi connectivity index (χ4n) is 2.58. The molecule has 3 heteroatoms. The molecule has 1 saturated carbocycles. The summed E-state index contributed by atoms with van der Waals surface area (Å²) in [5.41, 5.74) is 1.27. The summed E-state index contributed by atoms with van der Waals surface area (Å²) in [5, 5.41) is 13.3. The molecule has 1 aliphatic carbocycles. The minimum absolute atomic E-state index is 0.163. The van der Waals surface area contributed by atoms with Crippen molar-refractivity contribution in [3.8, 4) is 5.75 Å². The number of aliphatic hydroxyl groups is 1. The van der Waals surface area contributed by atoms with E-state index in [1.165, 1.54) is 12.0 Å². The Balaban J connectivity index is 1.77. The van der Waals surface area contributed by atoms with Gasteiger partial charge < -0.3 is 15.2 Å². The summed E-state index contributed by atoms with van der Waals surface area (Å²) in [7, 11) is 1.69. The molecule has 0 saturated heterocycles. The van der Waals surface area contributed by atoms with Crippen LogP contribution in [0.1, 0.15) is 31.2 Å². The summed E-state index contributed by atoms with van der Waals surface area (Å²) in [5.74, 6) is 0.908. The molecule has 0 unspecified atom stereocenters. The van der Waals surface area contributed by atoms with Gasteiger partial charge in [-0.25, -0.2) is 0 Å². The summed E-state index contributed by atoms with van der Waals surface area (Å²) in [6, 6.07) is 8.44. The third-order valence-electron chi connectivity index (χ3n) is 3.68. The van der Waals surface area contributed by atoms with Crippen molar-refractivity contribution in [1.82, 2.24) is 5.32 Å². The van der Waals surface area contributed by atoms with Crippen LogP contribution in [0.15, 0.2) is 24.3 Å². The van der Waals surface area contributed by atoms with Crippen molar-refractivity contribution in [2.75, 3.05) is 13.7 Å². The highest BCUT2D eigenvalue weighted by molar-refractivity contribution is 5.28. The summed E-state index contributed by atoms with van der Waals surface area (Å²) >= 11 is 0. The molecule has 2 rings (SSSR count). The van der Waals surface area contributed by atoms with Gasteiger partial charge in [-0.2, -0.15) is 0 Å². The number of ether oxygens (including phenoxy) is 1. The van der Waals surface area contributed by atoms with Crippen molar-refractivity contribution < 1.29 is 9.84 Å². The largest absolute Gasteiger partial charge is 0.497 e. The van der Waals surface area contributed by atoms with E-state index in [2.05, 4.69) is 17.4 Å². The molecule has 0 aliphatic heterocycles. The lowest BCUT2D eigenvalue weighted by atomic mass is 9.92. The van der Waals surface area contributed by atoms with Crippen LogP contribution in [0.2, 0.25) is 0 Å². The monoisotopic (exact) mass is 249 g/mol. The molecule has 0 bridgehead atoms. The van der Waals surface area contributed by atoms with Crippen molar-refractivity contribution in [2.45, 2.75) is 44.2 Å². The zero-order valence-electron chi connectivity index (χ0n) is 11.1. The Kier molecular flexibility index (Phi) is 5.02. The van der Waals surface area contributed by atoms with Crippen LogP contribution in [-0.4, -0.2) is 30.9 Å². The van der Waals surface area contributed by atoms with Gasteiger partial charge in [-0.05, 0) is 43.5 Å². The summed E-state index contributed by atoms with van der Waals surface area (Å²) in [6.45, 7) is 0.912. The first-order valence-electron chi connectivity index (χ1n) is 6.84. The average molecular weight is 249 g/mol. The van der Waals surface area contributed by atoms with Crippen molar-refractivity contribution >= 4 is 0 Å². The Hall–Kier alpha value is -1.06. The van der Waals surface area contributed by atoms with Crippen LogP contribution in [0.5, 0.6) is 5.75 Å². The van der Waals surface area contributed by atoms with E-state index in [4.69, 9.17) is 4.74 Å². The maximum absolute atomic E-state index is 9.87. The number of rotatable bonds is 5. The fraction of sp³-hybridized carbons (Fsp3) is 0.600. The number of nitrogens with one attached hydrogen (secondary N) is 1. The van der Waals surface area contributed by atoms with Gasteiger partial charge in [-0.1, -0.05) is 25.0 Å². The second-order valence-corrected chi connectivity index (χ2v) is 5.01. The van der Waals surface area contributed by atoms with Gasteiger partial charge in [-0.15, -0.1) is 0 Å². The second-order valence-electron chi connectivity index (χ2n) is 5.01. The van der Waals surface area contributed by atoms with Gasteiger partial charge in [-0.3, -0.25) is 0 Å². The lowest BCUT2D eigenvalue weighted by Gasteiger charge is -2.28. The van der Waals surface area contributed by atoms with E-state index in [1.54, 1.807) is 7.11 Å². The van der Waals surface area contributed by atoms with Crippen LogP contribution in [-0.2, 0) is 6.42 Å². The van der Waals surface area contributed by atoms with Crippen LogP contribution in [0.4, 0.5) is 0 Å². The lowest BCUT2D eigenvalue weighted by Crippen LogP contribution is -2.42. The Morgan fingerprint density at radius 3 is 2.94 bits per heavy atom. The standard InChI is InChI=1S/C15H23NO2/c1-18-13-6-4-5-12(11-13)9-10-16-14-7-2-3-8-15(14)17/h4-6,11,14-17H,2-3,7-10H2,1H3/t14-,15-/m0/s1. The molecule has 100 valence electrons. The molecule has 3 nitrogen and oxygen atoms in total. The van der Waals surface area contributed by atoms with Crippen LogP contribution < -0.4 is 10.1 Å². The molecule has 2 atom stereocenters. The quantitative estimate of drug-likeness (QED) is 0.840. The first-order chi connectivity index (χ1) is 8.79. The third-order valence-corrected chi connectivity index (χ3v) is 3.68. The first-order valence-corrected chi connectivity index (χ1v) is 6.84. The highest BCUT2D eigenvalue weighted by Crippen LogP contribution is 2.18. The molecule has 0 radical (unpaired) electrons. The van der Waals surface area contributed by atoms with Gasteiger partial charge in [0, 0.05) is 6.04 Å². The van der Waals surface area contributed by atoms with Gasteiger partial charge in [0.05, 0.1) is 13.2 Å². The molecule has 1 aliphatic rings. The predicted molar refractivity (Wildman–Crippen MR) is 73.0 cm³/mol. The molecule has 0 spiro atoms. The van der Waals surface area contributed by atoms with E-state index >= 15 is 0 Å². The maximum Gasteiger partial charge on any atom is 0.119 e. The van der Waals surface area contributed by atoms with E-state index in [0.717, 1.165) is 38.0 Å². The molecule has 2 N–H and O–H groups in total. The maximum atomic E-state index is 9.87. The SMILES string of the molecule is COc1cccc(CCN[C@H]2CCCC[C@@H]2O)c1. The molecule has 0 heterocycles. The summed E-state index contributed by atoms with van der Waals surface area (Å²) in [6.07, 6.45) is 5.24. The van der Waals surface area contributed by atoms with E-state index in [9.17, 15) is 5.11 Å². The number of hydrogen-bond donors (Lipinski definition) is 2. The molecule has 1 aromatic carbocycles. The molecule has 1 fully saturated rings. The molecule has 0 aromatic heterocycles. The fourth-order valence-corrected chi connectivity index (χ4v) is 2.58. The number of hydrogen-bond acceptors (Lipinski definition) is 3. The highest BCUT2D eigenvalue weighted by atomic mass is 16.5. The molecule has 1 aromatic rings. The Morgan fingerprint density at radius 1 is 1.33 bits per heavy atom. The zero-order chi connectivity index (χ0) is 12.8. The van der Waals surface area contributed by atoms with Crippen molar-refractivity contribution in [1.29, 1.82) is 0 Å². The number of methoxy groups -OCH3 is 1. The van der Waals surface area contributed by atoms with Crippen LogP contribution in [0, 0.1) is 0 Å². The van der Waals surface area contributed by atoms with Gasteiger partial charge >= 0.3 is 0 Å². The Labute approximate surface area is 109 Å². The van der Waals surface area contributed by atoms with Crippen LogP contribution in [0.3, 0.4) is 0 Å². The zero-order valence-corrected chi connectivity index (χ0v) is 11.1. The molecule has 0 amide bonds. The highest BCUT2D eigenvalue weighted by Gasteiger charge is 2.21.